The Morgan fingerprint density at radius 2 is 1.00 bits per heavy atom. The third kappa shape index (κ3) is 2560. The maximum Gasteiger partial charge on any atom is 0.466 e. The molecule has 0 aliphatic rings. The summed E-state index contributed by atoms with van der Waals surface area (Å²) in [5.74, 6) is 0. The second-order valence-electron chi connectivity index (χ2n) is 0.513. The van der Waals surface area contributed by atoms with Gasteiger partial charge in [-0.3, -0.25) is 9.41 Å². The van der Waals surface area contributed by atoms with Crippen LogP contribution in [-0.4, -0.2) is 14.7 Å². The predicted molar refractivity (Wildman–Crippen MR) is 26.5 cm³/mol. The Balaban J connectivity index is -0.0000000267. The van der Waals surface area contributed by atoms with Gasteiger partial charge in [0.2, 0.25) is 0 Å². The molecular weight excluding hydrogens is 168 g/mol. The molecule has 0 fully saturated rings. The van der Waals surface area contributed by atoms with E-state index >= 15 is 0 Å². The summed E-state index contributed by atoms with van der Waals surface area (Å²) in [6, 6.07) is 0. The van der Waals surface area contributed by atoms with Crippen LogP contribution in [0.4, 0.5) is 9.41 Å². The number of rotatable bonds is 0. The van der Waals surface area contributed by atoms with E-state index in [1.165, 1.54) is 0 Å². The maximum atomic E-state index is 8.88. The molecule has 0 atom stereocenters. The van der Waals surface area contributed by atoms with E-state index < -0.39 is 7.82 Å². The topological polar surface area (TPSA) is 77.8 Å². The van der Waals surface area contributed by atoms with Crippen LogP contribution in [0.5, 0.6) is 0 Å². The molecule has 56 valence electrons. The molecule has 0 aliphatic carbocycles. The van der Waals surface area contributed by atoms with Gasteiger partial charge in [0, 0.05) is 0 Å². The second kappa shape index (κ2) is 7.26. The number of halogens is 3. The maximum absolute atomic E-state index is 8.88. The van der Waals surface area contributed by atoms with Gasteiger partial charge in [-0.15, -0.1) is 12.4 Å². The van der Waals surface area contributed by atoms with Crippen LogP contribution in [0.2, 0.25) is 0 Å². The van der Waals surface area contributed by atoms with Crippen LogP contribution >= 0.6 is 20.2 Å². The molecule has 0 amide bonds. The Kier molecular flexibility index (Phi) is 21.8. The van der Waals surface area contributed by atoms with E-state index in [9.17, 15) is 0 Å². The third-order valence-corrected chi connectivity index (χ3v) is 0. The van der Waals surface area contributed by atoms with Crippen LogP contribution in [-0.2, 0) is 4.57 Å². The molecule has 0 radical (unpaired) electrons. The molecule has 8 heteroatoms. The molecular formula is H6ClF2O4P. The molecule has 0 saturated carbocycles. The summed E-state index contributed by atoms with van der Waals surface area (Å²) in [7, 11) is -4.64. The molecule has 0 bridgehead atoms. The van der Waals surface area contributed by atoms with Gasteiger partial charge >= 0.3 is 7.82 Å². The average Bonchev–Trinajstić information content (AvgIpc) is 0.722. The summed E-state index contributed by atoms with van der Waals surface area (Å²) in [4.78, 5) is 21.6. The number of hydrogen-bond donors (Lipinski definition) is 3. The number of hydrogen-bond acceptors (Lipinski definition) is 1. The highest BCUT2D eigenvalue weighted by Gasteiger charge is 2.00. The van der Waals surface area contributed by atoms with Gasteiger partial charge in [0.1, 0.15) is 0 Å². The van der Waals surface area contributed by atoms with E-state index in [0.29, 0.717) is 0 Å². The minimum Gasteiger partial charge on any atom is -0.303 e. The normalized spacial score (nSPS) is 7.38. The predicted octanol–water partition coefficient (Wildman–Crippen LogP) is -0.202. The van der Waals surface area contributed by atoms with E-state index in [4.69, 9.17) is 19.2 Å². The van der Waals surface area contributed by atoms with Gasteiger partial charge < -0.3 is 14.7 Å². The SMILES string of the molecule is Cl.F.F.O=P(O)(O)O. The molecule has 8 heavy (non-hydrogen) atoms. The molecule has 0 heterocycles. The first kappa shape index (κ1) is 24.0. The Bertz CT molecular complexity index is 60.2. The minimum absolute atomic E-state index is 0. The molecule has 0 aliphatic heterocycles. The van der Waals surface area contributed by atoms with Crippen molar-refractivity contribution in [1.29, 1.82) is 0 Å². The molecule has 0 unspecified atom stereocenters. The van der Waals surface area contributed by atoms with Crippen LogP contribution in [0, 0.1) is 0 Å². The molecule has 0 saturated heterocycles. The lowest BCUT2D eigenvalue weighted by molar-refractivity contribution is 0.275. The zero-order valence-corrected chi connectivity index (χ0v) is 5.13. The zero-order chi connectivity index (χ0) is 4.50. The van der Waals surface area contributed by atoms with Crippen molar-refractivity contribution < 1.29 is 28.7 Å². The van der Waals surface area contributed by atoms with Gasteiger partial charge in [-0.2, -0.15) is 0 Å². The van der Waals surface area contributed by atoms with Crippen LogP contribution < -0.4 is 0 Å². The zero-order valence-electron chi connectivity index (χ0n) is 3.42. The first-order valence-corrected chi connectivity index (χ1v) is 2.35. The van der Waals surface area contributed by atoms with Crippen molar-refractivity contribution in [3.8, 4) is 0 Å². The molecule has 0 aromatic carbocycles. The van der Waals surface area contributed by atoms with E-state index in [2.05, 4.69) is 0 Å². The van der Waals surface area contributed by atoms with Gasteiger partial charge in [-0.25, -0.2) is 4.57 Å². The fraction of sp³-hybridized carbons (Fsp3) is 0. The largest absolute Gasteiger partial charge is 0.466 e. The van der Waals surface area contributed by atoms with Crippen LogP contribution in [0.15, 0.2) is 0 Å². The van der Waals surface area contributed by atoms with Crippen LogP contribution in [0.3, 0.4) is 0 Å². The summed E-state index contributed by atoms with van der Waals surface area (Å²) in [5.41, 5.74) is 0. The number of phosphoric acid groups is 1. The third-order valence-electron chi connectivity index (χ3n) is 0. The molecule has 3 N–H and O–H groups in total. The fourth-order valence-electron chi connectivity index (χ4n) is 0. The van der Waals surface area contributed by atoms with Crippen molar-refractivity contribution in [3.05, 3.63) is 0 Å². The first-order valence-electron chi connectivity index (χ1n) is 0.783. The lowest BCUT2D eigenvalue weighted by Crippen LogP contribution is -1.66. The molecule has 0 aromatic heterocycles. The smallest absolute Gasteiger partial charge is 0.303 e. The summed E-state index contributed by atoms with van der Waals surface area (Å²) in [6.07, 6.45) is 0. The standard InChI is InChI=1S/ClH.2FH.H3O4P/c;;;1-5(2,3)4/h3*1H;(H3,1,2,3,4). The van der Waals surface area contributed by atoms with Crippen molar-refractivity contribution in [3.63, 3.8) is 0 Å². The lowest BCUT2D eigenvalue weighted by Gasteiger charge is -1.82. The van der Waals surface area contributed by atoms with Crippen molar-refractivity contribution in [1.82, 2.24) is 0 Å². The van der Waals surface area contributed by atoms with E-state index in [0.717, 1.165) is 0 Å². The van der Waals surface area contributed by atoms with Gasteiger partial charge in [0.05, 0.1) is 0 Å². The molecule has 0 aromatic rings. The second-order valence-corrected chi connectivity index (χ2v) is 1.54. The van der Waals surface area contributed by atoms with E-state index in [1.54, 1.807) is 0 Å². The lowest BCUT2D eigenvalue weighted by atomic mass is 15.8. The molecule has 4 nitrogen and oxygen atoms in total. The summed E-state index contributed by atoms with van der Waals surface area (Å²) in [6.45, 7) is 0. The Labute approximate surface area is 49.9 Å². The molecule has 0 rings (SSSR count). The van der Waals surface area contributed by atoms with Gasteiger partial charge in [0.15, 0.2) is 0 Å². The van der Waals surface area contributed by atoms with Crippen LogP contribution in [0.1, 0.15) is 0 Å². The quantitative estimate of drug-likeness (QED) is 0.445. The van der Waals surface area contributed by atoms with E-state index in [-0.39, 0.29) is 21.8 Å². The van der Waals surface area contributed by atoms with Gasteiger partial charge in [-0.1, -0.05) is 0 Å². The first-order chi connectivity index (χ1) is 2.00. The van der Waals surface area contributed by atoms with E-state index in [1.807, 2.05) is 0 Å². The van der Waals surface area contributed by atoms with Gasteiger partial charge in [0.25, 0.3) is 0 Å². The minimum atomic E-state index is -4.64. The van der Waals surface area contributed by atoms with Crippen molar-refractivity contribution >= 4 is 20.2 Å². The van der Waals surface area contributed by atoms with Gasteiger partial charge in [-0.05, 0) is 0 Å². The summed E-state index contributed by atoms with van der Waals surface area (Å²) < 4.78 is 8.88. The monoisotopic (exact) mass is 174 g/mol. The van der Waals surface area contributed by atoms with Crippen molar-refractivity contribution in [2.75, 3.05) is 0 Å². The van der Waals surface area contributed by atoms with Crippen LogP contribution in [0.25, 0.3) is 0 Å². The highest BCUT2D eigenvalue weighted by atomic mass is 35.5. The molecule has 0 spiro atoms. The van der Waals surface area contributed by atoms with Crippen molar-refractivity contribution in [2.24, 2.45) is 0 Å². The Hall–Kier alpha value is 0.260. The Morgan fingerprint density at radius 3 is 1.00 bits per heavy atom. The summed E-state index contributed by atoms with van der Waals surface area (Å²) >= 11 is 0. The summed E-state index contributed by atoms with van der Waals surface area (Å²) in [5, 5.41) is 0. The highest BCUT2D eigenvalue weighted by molar-refractivity contribution is 7.45. The average molecular weight is 174 g/mol. The Morgan fingerprint density at radius 1 is 1.00 bits per heavy atom. The fourth-order valence-corrected chi connectivity index (χ4v) is 0. The highest BCUT2D eigenvalue weighted by Crippen LogP contribution is 2.25. The van der Waals surface area contributed by atoms with Crippen molar-refractivity contribution in [2.45, 2.75) is 0 Å².